The molecule has 27 heavy (non-hydrogen) atoms. The lowest BCUT2D eigenvalue weighted by Gasteiger charge is -2.09. The summed E-state index contributed by atoms with van der Waals surface area (Å²) in [4.78, 5) is 12.6. The van der Waals surface area contributed by atoms with Crippen molar-refractivity contribution in [2.45, 2.75) is 19.1 Å². The van der Waals surface area contributed by atoms with Crippen LogP contribution in [0.4, 0.5) is 13.2 Å². The molecule has 0 aliphatic carbocycles. The van der Waals surface area contributed by atoms with E-state index in [4.69, 9.17) is 0 Å². The molecule has 0 radical (unpaired) electrons. The molecule has 0 saturated carbocycles. The van der Waals surface area contributed by atoms with Crippen LogP contribution in [-0.2, 0) is 23.9 Å². The standard InChI is InChI=1S/C18H16F3N5O/c1-22-16(27)11-26-24-17(23-25-26)15-5-3-2-4-13(15)10-12-6-8-14(9-7-12)18(19,20)21/h2-9H,10-11H2,1H3,(H,22,27). The van der Waals surface area contributed by atoms with Gasteiger partial charge in [0.05, 0.1) is 5.56 Å². The number of benzene rings is 2. The van der Waals surface area contributed by atoms with Gasteiger partial charge < -0.3 is 5.32 Å². The number of nitrogens with zero attached hydrogens (tertiary/aromatic N) is 4. The minimum atomic E-state index is -4.36. The molecule has 0 spiro atoms. The molecule has 0 bridgehead atoms. The number of carbonyl (C=O) groups excluding carboxylic acids is 1. The summed E-state index contributed by atoms with van der Waals surface area (Å²) in [5.41, 5.74) is 1.60. The molecule has 1 heterocycles. The van der Waals surface area contributed by atoms with Crippen LogP contribution in [0.3, 0.4) is 0 Å². The van der Waals surface area contributed by atoms with Gasteiger partial charge in [-0.05, 0) is 34.9 Å². The molecule has 9 heteroatoms. The van der Waals surface area contributed by atoms with Gasteiger partial charge in [-0.15, -0.1) is 10.2 Å². The van der Waals surface area contributed by atoms with E-state index in [1.54, 1.807) is 6.07 Å². The highest BCUT2D eigenvalue weighted by molar-refractivity contribution is 5.75. The van der Waals surface area contributed by atoms with E-state index in [9.17, 15) is 18.0 Å². The van der Waals surface area contributed by atoms with Crippen LogP contribution in [0.5, 0.6) is 0 Å². The van der Waals surface area contributed by atoms with Crippen LogP contribution < -0.4 is 5.32 Å². The first-order chi connectivity index (χ1) is 12.9. The lowest BCUT2D eigenvalue weighted by atomic mass is 9.98. The summed E-state index contributed by atoms with van der Waals surface area (Å²) in [5, 5.41) is 14.5. The zero-order chi connectivity index (χ0) is 19.4. The van der Waals surface area contributed by atoms with Crippen molar-refractivity contribution in [2.75, 3.05) is 7.05 Å². The van der Waals surface area contributed by atoms with Crippen LogP contribution in [0.15, 0.2) is 48.5 Å². The third-order valence-electron chi connectivity index (χ3n) is 3.95. The highest BCUT2D eigenvalue weighted by atomic mass is 19.4. The molecule has 0 fully saturated rings. The number of amides is 1. The van der Waals surface area contributed by atoms with Gasteiger partial charge in [-0.1, -0.05) is 36.4 Å². The second-order valence-electron chi connectivity index (χ2n) is 5.85. The molecule has 2 aromatic carbocycles. The molecule has 140 valence electrons. The highest BCUT2D eigenvalue weighted by Crippen LogP contribution is 2.30. The Hall–Kier alpha value is -3.23. The Kier molecular flexibility index (Phi) is 5.20. The van der Waals surface area contributed by atoms with Crippen molar-refractivity contribution < 1.29 is 18.0 Å². The molecule has 6 nitrogen and oxygen atoms in total. The molecular weight excluding hydrogens is 359 g/mol. The van der Waals surface area contributed by atoms with Crippen molar-refractivity contribution in [1.29, 1.82) is 0 Å². The van der Waals surface area contributed by atoms with E-state index in [0.29, 0.717) is 17.8 Å². The summed E-state index contributed by atoms with van der Waals surface area (Å²) < 4.78 is 38.1. The fourth-order valence-corrected chi connectivity index (χ4v) is 2.55. The van der Waals surface area contributed by atoms with Crippen molar-refractivity contribution in [3.05, 3.63) is 65.2 Å². The van der Waals surface area contributed by atoms with Gasteiger partial charge in [0.2, 0.25) is 11.7 Å². The van der Waals surface area contributed by atoms with Gasteiger partial charge in [0, 0.05) is 12.6 Å². The summed E-state index contributed by atoms with van der Waals surface area (Å²) in [6.07, 6.45) is -3.94. The number of alkyl halides is 3. The molecule has 1 amide bonds. The predicted octanol–water partition coefficient (Wildman–Crippen LogP) is 2.70. The first-order valence-electron chi connectivity index (χ1n) is 8.09. The number of rotatable bonds is 5. The minimum Gasteiger partial charge on any atom is -0.358 e. The first-order valence-corrected chi connectivity index (χ1v) is 8.09. The number of aromatic nitrogens is 4. The monoisotopic (exact) mass is 375 g/mol. The molecule has 1 aromatic heterocycles. The zero-order valence-electron chi connectivity index (χ0n) is 14.4. The number of hydrogen-bond acceptors (Lipinski definition) is 4. The van der Waals surface area contributed by atoms with Gasteiger partial charge in [0.15, 0.2) is 0 Å². The van der Waals surface area contributed by atoms with E-state index in [1.165, 1.54) is 24.0 Å². The Morgan fingerprint density at radius 3 is 2.48 bits per heavy atom. The van der Waals surface area contributed by atoms with Crippen LogP contribution >= 0.6 is 0 Å². The van der Waals surface area contributed by atoms with Crippen LogP contribution in [0, 0.1) is 0 Å². The van der Waals surface area contributed by atoms with E-state index in [1.807, 2.05) is 18.2 Å². The van der Waals surface area contributed by atoms with E-state index >= 15 is 0 Å². The molecule has 0 atom stereocenters. The van der Waals surface area contributed by atoms with Gasteiger partial charge in [-0.25, -0.2) is 0 Å². The van der Waals surface area contributed by atoms with Gasteiger partial charge in [-0.3, -0.25) is 4.79 Å². The van der Waals surface area contributed by atoms with Gasteiger partial charge in [-0.2, -0.15) is 18.0 Å². The third-order valence-corrected chi connectivity index (χ3v) is 3.95. The molecule has 0 saturated heterocycles. The summed E-state index contributed by atoms with van der Waals surface area (Å²) in [6, 6.07) is 12.3. The van der Waals surface area contributed by atoms with E-state index < -0.39 is 11.7 Å². The summed E-state index contributed by atoms with van der Waals surface area (Å²) in [7, 11) is 1.51. The smallest absolute Gasteiger partial charge is 0.358 e. The Labute approximate surface area is 153 Å². The lowest BCUT2D eigenvalue weighted by molar-refractivity contribution is -0.137. The maximum atomic E-state index is 12.7. The third kappa shape index (κ3) is 4.49. The number of tetrazole rings is 1. The largest absolute Gasteiger partial charge is 0.416 e. The summed E-state index contributed by atoms with van der Waals surface area (Å²) >= 11 is 0. The fourth-order valence-electron chi connectivity index (χ4n) is 2.55. The van der Waals surface area contributed by atoms with Gasteiger partial charge in [0.25, 0.3) is 0 Å². The maximum Gasteiger partial charge on any atom is 0.416 e. The van der Waals surface area contributed by atoms with E-state index in [-0.39, 0.29) is 12.5 Å². The number of hydrogen-bond donors (Lipinski definition) is 1. The number of halogens is 3. The topological polar surface area (TPSA) is 72.7 Å². The Balaban J connectivity index is 1.83. The second-order valence-corrected chi connectivity index (χ2v) is 5.85. The quantitative estimate of drug-likeness (QED) is 0.744. The number of likely N-dealkylation sites (N-methyl/N-ethyl adjacent to an activating group) is 1. The maximum absolute atomic E-state index is 12.7. The van der Waals surface area contributed by atoms with Crippen LogP contribution in [0.1, 0.15) is 16.7 Å². The van der Waals surface area contributed by atoms with Gasteiger partial charge in [0.1, 0.15) is 6.54 Å². The second kappa shape index (κ2) is 7.56. The molecule has 3 aromatic rings. The average Bonchev–Trinajstić information content (AvgIpc) is 3.10. The van der Waals surface area contributed by atoms with Crippen molar-refractivity contribution >= 4 is 5.91 Å². The van der Waals surface area contributed by atoms with Crippen LogP contribution in [0.25, 0.3) is 11.4 Å². The highest BCUT2D eigenvalue weighted by Gasteiger charge is 2.29. The van der Waals surface area contributed by atoms with Crippen LogP contribution in [0.2, 0.25) is 0 Å². The average molecular weight is 375 g/mol. The Bertz CT molecular complexity index is 935. The first kappa shape index (κ1) is 18.6. The zero-order valence-corrected chi connectivity index (χ0v) is 14.4. The molecule has 0 unspecified atom stereocenters. The molecular formula is C18H16F3N5O. The Morgan fingerprint density at radius 1 is 1.11 bits per heavy atom. The normalized spacial score (nSPS) is 11.4. The summed E-state index contributed by atoms with van der Waals surface area (Å²) in [5.74, 6) is 0.0957. The predicted molar refractivity (Wildman–Crippen MR) is 91.6 cm³/mol. The van der Waals surface area contributed by atoms with Crippen LogP contribution in [-0.4, -0.2) is 33.2 Å². The Morgan fingerprint density at radius 2 is 1.81 bits per heavy atom. The molecule has 3 rings (SSSR count). The van der Waals surface area contributed by atoms with Crippen molar-refractivity contribution in [2.24, 2.45) is 0 Å². The van der Waals surface area contributed by atoms with E-state index in [2.05, 4.69) is 20.7 Å². The SMILES string of the molecule is CNC(=O)Cn1nnc(-c2ccccc2Cc2ccc(C(F)(F)F)cc2)n1. The van der Waals surface area contributed by atoms with Crippen molar-refractivity contribution in [3.8, 4) is 11.4 Å². The number of nitrogens with one attached hydrogen (secondary N) is 1. The van der Waals surface area contributed by atoms with Crippen molar-refractivity contribution in [3.63, 3.8) is 0 Å². The lowest BCUT2D eigenvalue weighted by Crippen LogP contribution is -2.24. The molecule has 1 N–H and O–H groups in total. The molecule has 0 aliphatic rings. The number of carbonyl (C=O) groups is 1. The minimum absolute atomic E-state index is 0.0510. The van der Waals surface area contributed by atoms with Crippen molar-refractivity contribution in [1.82, 2.24) is 25.5 Å². The fraction of sp³-hybridized carbons (Fsp3) is 0.222. The van der Waals surface area contributed by atoms with E-state index in [0.717, 1.165) is 23.3 Å². The van der Waals surface area contributed by atoms with Gasteiger partial charge >= 0.3 is 6.18 Å². The summed E-state index contributed by atoms with van der Waals surface area (Å²) in [6.45, 7) is -0.0510. The molecule has 0 aliphatic heterocycles.